The van der Waals surface area contributed by atoms with E-state index in [0.717, 1.165) is 11.1 Å². The molecule has 1 aromatic heterocycles. The monoisotopic (exact) mass is 400 g/mol. The molecule has 3 aromatic rings. The molecular weight excluding hydrogens is 380 g/mol. The van der Waals surface area contributed by atoms with Crippen LogP contribution in [0.1, 0.15) is 5.56 Å². The van der Waals surface area contributed by atoms with Crippen molar-refractivity contribution in [3.05, 3.63) is 46.7 Å². The molecular formula is C19H20N4O4S. The summed E-state index contributed by atoms with van der Waals surface area (Å²) >= 11 is 5.33. The van der Waals surface area contributed by atoms with E-state index in [2.05, 4.69) is 15.3 Å². The third-order valence-electron chi connectivity index (χ3n) is 4.04. The molecule has 0 bridgehead atoms. The van der Waals surface area contributed by atoms with E-state index in [1.54, 1.807) is 40.7 Å². The minimum atomic E-state index is 0.350. The number of aromatic amines is 1. The SMILES string of the molecule is COc1ccc(OC)c(/C=N\n2c(-c3ccc(OC)c(OC)c3)n[nH]c2=S)c1. The van der Waals surface area contributed by atoms with Gasteiger partial charge in [-0.15, -0.1) is 0 Å². The van der Waals surface area contributed by atoms with E-state index < -0.39 is 0 Å². The van der Waals surface area contributed by atoms with Gasteiger partial charge in [0, 0.05) is 11.1 Å². The first-order valence-corrected chi connectivity index (χ1v) is 8.68. The van der Waals surface area contributed by atoms with Crippen molar-refractivity contribution in [1.29, 1.82) is 0 Å². The van der Waals surface area contributed by atoms with Crippen molar-refractivity contribution in [3.63, 3.8) is 0 Å². The fraction of sp³-hybridized carbons (Fsp3) is 0.211. The van der Waals surface area contributed by atoms with Gasteiger partial charge in [-0.3, -0.25) is 0 Å². The topological polar surface area (TPSA) is 82.9 Å². The number of hydrogen-bond acceptors (Lipinski definition) is 7. The zero-order valence-electron chi connectivity index (χ0n) is 15.9. The molecule has 1 N–H and O–H groups in total. The number of ether oxygens (including phenoxy) is 4. The molecule has 0 saturated heterocycles. The average molecular weight is 400 g/mol. The van der Waals surface area contributed by atoms with Crippen LogP contribution in [0.4, 0.5) is 0 Å². The predicted octanol–water partition coefficient (Wildman–Crippen LogP) is 3.52. The molecule has 1 heterocycles. The number of nitrogens with zero attached hydrogens (tertiary/aromatic N) is 3. The summed E-state index contributed by atoms with van der Waals surface area (Å²) < 4.78 is 23.2. The van der Waals surface area contributed by atoms with Crippen molar-refractivity contribution in [2.75, 3.05) is 28.4 Å². The maximum Gasteiger partial charge on any atom is 0.216 e. The van der Waals surface area contributed by atoms with Crippen molar-refractivity contribution in [2.45, 2.75) is 0 Å². The molecule has 3 rings (SSSR count). The van der Waals surface area contributed by atoms with Crippen LogP contribution in [0.15, 0.2) is 41.5 Å². The Bertz CT molecular complexity index is 1060. The van der Waals surface area contributed by atoms with E-state index in [0.29, 0.717) is 33.6 Å². The Morgan fingerprint density at radius 3 is 2.32 bits per heavy atom. The van der Waals surface area contributed by atoms with E-state index in [1.165, 1.54) is 4.68 Å². The minimum Gasteiger partial charge on any atom is -0.497 e. The molecule has 146 valence electrons. The Hall–Kier alpha value is -3.33. The second-order valence-corrected chi connectivity index (χ2v) is 5.97. The van der Waals surface area contributed by atoms with Crippen LogP contribution in [0.25, 0.3) is 11.4 Å². The van der Waals surface area contributed by atoms with Crippen molar-refractivity contribution in [1.82, 2.24) is 14.9 Å². The van der Waals surface area contributed by atoms with Crippen LogP contribution in [-0.4, -0.2) is 49.5 Å². The third-order valence-corrected chi connectivity index (χ3v) is 4.31. The number of hydrogen-bond donors (Lipinski definition) is 1. The van der Waals surface area contributed by atoms with Crippen molar-refractivity contribution >= 4 is 18.4 Å². The Morgan fingerprint density at radius 1 is 0.929 bits per heavy atom. The second kappa shape index (κ2) is 8.57. The van der Waals surface area contributed by atoms with Crippen LogP contribution in [0.5, 0.6) is 23.0 Å². The van der Waals surface area contributed by atoms with E-state index >= 15 is 0 Å². The number of rotatable bonds is 7. The van der Waals surface area contributed by atoms with Gasteiger partial charge >= 0.3 is 0 Å². The van der Waals surface area contributed by atoms with Crippen LogP contribution in [0.3, 0.4) is 0 Å². The average Bonchev–Trinajstić information content (AvgIpc) is 3.11. The van der Waals surface area contributed by atoms with Gasteiger partial charge in [-0.05, 0) is 48.6 Å². The van der Waals surface area contributed by atoms with Gasteiger partial charge in [0.05, 0.1) is 34.7 Å². The normalized spacial score (nSPS) is 10.9. The summed E-state index contributed by atoms with van der Waals surface area (Å²) in [5, 5.41) is 11.5. The third kappa shape index (κ3) is 3.84. The number of methoxy groups -OCH3 is 4. The van der Waals surface area contributed by atoms with Gasteiger partial charge in [0.25, 0.3) is 0 Å². The molecule has 28 heavy (non-hydrogen) atoms. The van der Waals surface area contributed by atoms with Gasteiger partial charge in [-0.2, -0.15) is 14.9 Å². The quantitative estimate of drug-likeness (QED) is 0.483. The zero-order valence-corrected chi connectivity index (χ0v) is 16.7. The summed E-state index contributed by atoms with van der Waals surface area (Å²) in [4.78, 5) is 0. The minimum absolute atomic E-state index is 0.350. The highest BCUT2D eigenvalue weighted by Gasteiger charge is 2.12. The van der Waals surface area contributed by atoms with Gasteiger partial charge < -0.3 is 18.9 Å². The maximum atomic E-state index is 5.38. The lowest BCUT2D eigenvalue weighted by molar-refractivity contribution is 0.355. The summed E-state index contributed by atoms with van der Waals surface area (Å²) in [6.45, 7) is 0. The first-order chi connectivity index (χ1) is 13.6. The lowest BCUT2D eigenvalue weighted by Crippen LogP contribution is -1.98. The molecule has 0 saturated carbocycles. The van der Waals surface area contributed by atoms with Crippen molar-refractivity contribution in [2.24, 2.45) is 5.10 Å². The Kier molecular flexibility index (Phi) is 5.95. The van der Waals surface area contributed by atoms with Gasteiger partial charge in [0.15, 0.2) is 17.3 Å². The lowest BCUT2D eigenvalue weighted by atomic mass is 10.2. The molecule has 0 fully saturated rings. The van der Waals surface area contributed by atoms with E-state index in [-0.39, 0.29) is 0 Å². The molecule has 0 amide bonds. The van der Waals surface area contributed by atoms with Crippen LogP contribution in [-0.2, 0) is 0 Å². The maximum absolute atomic E-state index is 5.38. The zero-order chi connectivity index (χ0) is 20.1. The molecule has 0 atom stereocenters. The summed E-state index contributed by atoms with van der Waals surface area (Å²) in [7, 11) is 6.35. The van der Waals surface area contributed by atoms with Crippen molar-refractivity contribution in [3.8, 4) is 34.4 Å². The number of H-pyrrole nitrogens is 1. The molecule has 0 aliphatic carbocycles. The van der Waals surface area contributed by atoms with Crippen molar-refractivity contribution < 1.29 is 18.9 Å². The second-order valence-electron chi connectivity index (χ2n) is 5.59. The van der Waals surface area contributed by atoms with Gasteiger partial charge in [0.2, 0.25) is 4.77 Å². The smallest absolute Gasteiger partial charge is 0.216 e. The van der Waals surface area contributed by atoms with Crippen LogP contribution in [0.2, 0.25) is 0 Å². The first-order valence-electron chi connectivity index (χ1n) is 8.27. The molecule has 0 unspecified atom stereocenters. The summed E-state index contributed by atoms with van der Waals surface area (Å²) in [5.41, 5.74) is 1.50. The number of aromatic nitrogens is 3. The largest absolute Gasteiger partial charge is 0.497 e. The Balaban J connectivity index is 2.03. The highest BCUT2D eigenvalue weighted by Crippen LogP contribution is 2.31. The van der Waals surface area contributed by atoms with Gasteiger partial charge in [-0.25, -0.2) is 5.10 Å². The fourth-order valence-corrected chi connectivity index (χ4v) is 2.80. The van der Waals surface area contributed by atoms with Crippen LogP contribution < -0.4 is 18.9 Å². The number of benzene rings is 2. The van der Waals surface area contributed by atoms with E-state index in [4.69, 9.17) is 31.2 Å². The summed E-state index contributed by atoms with van der Waals surface area (Å²) in [6.07, 6.45) is 1.64. The highest BCUT2D eigenvalue weighted by molar-refractivity contribution is 7.71. The predicted molar refractivity (Wildman–Crippen MR) is 108 cm³/mol. The highest BCUT2D eigenvalue weighted by atomic mass is 32.1. The molecule has 0 radical (unpaired) electrons. The number of nitrogens with one attached hydrogen (secondary N) is 1. The van der Waals surface area contributed by atoms with Crippen LogP contribution >= 0.6 is 12.2 Å². The fourth-order valence-electron chi connectivity index (χ4n) is 2.62. The van der Waals surface area contributed by atoms with Gasteiger partial charge in [0.1, 0.15) is 11.5 Å². The standard InChI is InChI=1S/C19H20N4O4S/c1-24-14-6-8-15(25-2)13(9-14)11-20-23-18(21-22-19(23)28)12-5-7-16(26-3)17(10-12)27-4/h5-11H,1-4H3,(H,22,28)/b20-11-. The molecule has 8 nitrogen and oxygen atoms in total. The molecule has 2 aromatic carbocycles. The summed E-state index contributed by atoms with van der Waals surface area (Å²) in [6, 6.07) is 10.9. The van der Waals surface area contributed by atoms with E-state index in [9.17, 15) is 0 Å². The Morgan fingerprint density at radius 2 is 1.64 bits per heavy atom. The van der Waals surface area contributed by atoms with Gasteiger partial charge in [-0.1, -0.05) is 0 Å². The molecule has 9 heteroatoms. The van der Waals surface area contributed by atoms with E-state index in [1.807, 2.05) is 30.3 Å². The molecule has 0 aliphatic heterocycles. The lowest BCUT2D eigenvalue weighted by Gasteiger charge is -2.09. The van der Waals surface area contributed by atoms with Crippen LogP contribution in [0, 0.1) is 4.77 Å². The summed E-state index contributed by atoms with van der Waals surface area (Å²) in [5.74, 6) is 3.09. The molecule has 0 spiro atoms. The molecule has 0 aliphatic rings. The first kappa shape index (κ1) is 19.4. The Labute approximate surface area is 167 Å².